The molecule has 1 heterocycles. The van der Waals surface area contributed by atoms with Gasteiger partial charge in [0.25, 0.3) is 11.6 Å². The molecule has 8 nitrogen and oxygen atoms in total. The van der Waals surface area contributed by atoms with E-state index in [2.05, 4.69) is 5.10 Å². The molecule has 0 aromatic heterocycles. The number of benzene rings is 2. The van der Waals surface area contributed by atoms with E-state index in [9.17, 15) is 14.9 Å². The Balaban J connectivity index is 1.92. The molecule has 0 saturated carbocycles. The first-order valence-corrected chi connectivity index (χ1v) is 8.70. The van der Waals surface area contributed by atoms with E-state index in [1.807, 2.05) is 50.2 Å². The fourth-order valence-corrected chi connectivity index (χ4v) is 2.69. The van der Waals surface area contributed by atoms with Crippen LogP contribution in [-0.4, -0.2) is 37.4 Å². The van der Waals surface area contributed by atoms with Gasteiger partial charge >= 0.3 is 0 Å². The third-order valence-corrected chi connectivity index (χ3v) is 4.15. The van der Waals surface area contributed by atoms with Crippen LogP contribution in [0.25, 0.3) is 6.08 Å². The van der Waals surface area contributed by atoms with Crippen molar-refractivity contribution in [2.24, 2.45) is 5.10 Å². The lowest BCUT2D eigenvalue weighted by molar-refractivity contribution is -0.384. The van der Waals surface area contributed by atoms with E-state index in [1.54, 1.807) is 6.08 Å². The van der Waals surface area contributed by atoms with Gasteiger partial charge in [-0.15, -0.1) is 5.10 Å². The molecule has 28 heavy (non-hydrogen) atoms. The second-order valence-corrected chi connectivity index (χ2v) is 6.27. The number of carbonyl (C=O) groups excluding carboxylic acids is 1. The highest BCUT2D eigenvalue weighted by atomic mass is 16.6. The summed E-state index contributed by atoms with van der Waals surface area (Å²) < 4.78 is 5.54. The predicted molar refractivity (Wildman–Crippen MR) is 108 cm³/mol. The summed E-state index contributed by atoms with van der Waals surface area (Å²) in [6.07, 6.45) is 1.72. The van der Waals surface area contributed by atoms with Gasteiger partial charge in [0, 0.05) is 31.9 Å². The maximum atomic E-state index is 12.9. The molecule has 1 amide bonds. The Morgan fingerprint density at radius 1 is 1.14 bits per heavy atom. The van der Waals surface area contributed by atoms with Gasteiger partial charge in [0.05, 0.1) is 17.2 Å². The standard InChI is InChI=1S/C20H20N4O4/c1-4-28-19-18(13-14-5-7-15(8-6-14)22(2)3)20(25)23(21-19)16-9-11-17(12-10-16)24(26)27/h5-13H,4H2,1-3H3/b18-13-. The number of amides is 1. The first kappa shape index (κ1) is 19.1. The number of nitro groups is 1. The van der Waals surface area contributed by atoms with Crippen molar-refractivity contribution in [3.05, 3.63) is 69.8 Å². The van der Waals surface area contributed by atoms with Gasteiger partial charge in [-0.05, 0) is 42.8 Å². The zero-order valence-electron chi connectivity index (χ0n) is 15.8. The molecular formula is C20H20N4O4. The van der Waals surface area contributed by atoms with E-state index in [4.69, 9.17) is 4.74 Å². The molecule has 3 rings (SSSR count). The van der Waals surface area contributed by atoms with E-state index < -0.39 is 4.92 Å². The average Bonchev–Trinajstić information content (AvgIpc) is 2.98. The SMILES string of the molecule is CCOC1=NN(c2ccc([N+](=O)[O-])cc2)C(=O)/C1=C\c1ccc(N(C)C)cc1. The van der Waals surface area contributed by atoms with Crippen molar-refractivity contribution in [2.45, 2.75) is 6.92 Å². The minimum atomic E-state index is -0.493. The van der Waals surface area contributed by atoms with E-state index in [0.29, 0.717) is 17.9 Å². The number of rotatable bonds is 5. The minimum Gasteiger partial charge on any atom is -0.476 e. The molecule has 2 aromatic rings. The van der Waals surface area contributed by atoms with Crippen LogP contribution in [0.4, 0.5) is 17.1 Å². The van der Waals surface area contributed by atoms with Crippen molar-refractivity contribution in [2.75, 3.05) is 30.6 Å². The van der Waals surface area contributed by atoms with Crippen molar-refractivity contribution >= 4 is 34.9 Å². The van der Waals surface area contributed by atoms with Gasteiger partial charge in [-0.1, -0.05) is 12.1 Å². The van der Waals surface area contributed by atoms with Crippen molar-refractivity contribution in [3.8, 4) is 0 Å². The number of nitrogens with zero attached hydrogens (tertiary/aromatic N) is 4. The maximum Gasteiger partial charge on any atom is 0.284 e. The van der Waals surface area contributed by atoms with Crippen molar-refractivity contribution in [3.63, 3.8) is 0 Å². The first-order chi connectivity index (χ1) is 13.4. The van der Waals surface area contributed by atoms with Crippen molar-refractivity contribution in [1.29, 1.82) is 0 Å². The lowest BCUT2D eigenvalue weighted by Crippen LogP contribution is -2.21. The normalized spacial score (nSPS) is 15.0. The molecule has 2 aromatic carbocycles. The third-order valence-electron chi connectivity index (χ3n) is 4.15. The van der Waals surface area contributed by atoms with Gasteiger partial charge in [0.1, 0.15) is 5.57 Å². The van der Waals surface area contributed by atoms with Crippen molar-refractivity contribution < 1.29 is 14.5 Å². The summed E-state index contributed by atoms with van der Waals surface area (Å²) in [5, 5.41) is 16.3. The Kier molecular flexibility index (Phi) is 5.39. The molecule has 0 aliphatic carbocycles. The Bertz CT molecular complexity index is 947. The quantitative estimate of drug-likeness (QED) is 0.450. The maximum absolute atomic E-state index is 12.9. The molecule has 144 valence electrons. The number of nitro benzene ring substituents is 1. The topological polar surface area (TPSA) is 88.3 Å². The van der Waals surface area contributed by atoms with Crippen LogP contribution in [-0.2, 0) is 9.53 Å². The molecule has 8 heteroatoms. The summed E-state index contributed by atoms with van der Waals surface area (Å²) in [5.74, 6) is -0.128. The minimum absolute atomic E-state index is 0.0545. The van der Waals surface area contributed by atoms with Crippen LogP contribution >= 0.6 is 0 Å². The predicted octanol–water partition coefficient (Wildman–Crippen LogP) is 3.44. The fourth-order valence-electron chi connectivity index (χ4n) is 2.69. The lowest BCUT2D eigenvalue weighted by Gasteiger charge is -2.12. The summed E-state index contributed by atoms with van der Waals surface area (Å²) >= 11 is 0. The molecule has 0 unspecified atom stereocenters. The number of hydrogen-bond acceptors (Lipinski definition) is 6. The number of carbonyl (C=O) groups is 1. The highest BCUT2D eigenvalue weighted by molar-refractivity contribution is 6.30. The summed E-state index contributed by atoms with van der Waals surface area (Å²) in [6.45, 7) is 2.17. The monoisotopic (exact) mass is 380 g/mol. The van der Waals surface area contributed by atoms with E-state index >= 15 is 0 Å². The number of non-ortho nitro benzene ring substituents is 1. The molecule has 0 bridgehead atoms. The highest BCUT2D eigenvalue weighted by Crippen LogP contribution is 2.27. The molecule has 0 radical (unpaired) electrons. The zero-order chi connectivity index (χ0) is 20.3. The summed E-state index contributed by atoms with van der Waals surface area (Å²) in [7, 11) is 3.91. The second-order valence-electron chi connectivity index (χ2n) is 6.27. The van der Waals surface area contributed by atoms with Crippen LogP contribution in [0.5, 0.6) is 0 Å². The van der Waals surface area contributed by atoms with Crippen LogP contribution in [0.2, 0.25) is 0 Å². The number of anilines is 2. The summed E-state index contributed by atoms with van der Waals surface area (Å²) in [4.78, 5) is 25.2. The fraction of sp³-hybridized carbons (Fsp3) is 0.200. The van der Waals surface area contributed by atoms with Crippen LogP contribution < -0.4 is 9.91 Å². The van der Waals surface area contributed by atoms with Gasteiger partial charge in [-0.3, -0.25) is 14.9 Å². The first-order valence-electron chi connectivity index (χ1n) is 8.70. The van der Waals surface area contributed by atoms with Crippen molar-refractivity contribution in [1.82, 2.24) is 0 Å². The number of ether oxygens (including phenoxy) is 1. The van der Waals surface area contributed by atoms with Gasteiger partial charge in [-0.25, -0.2) is 0 Å². The van der Waals surface area contributed by atoms with E-state index in [1.165, 1.54) is 29.3 Å². The molecule has 0 atom stereocenters. The molecule has 0 N–H and O–H groups in total. The third kappa shape index (κ3) is 3.85. The largest absolute Gasteiger partial charge is 0.476 e. The molecule has 1 aliphatic heterocycles. The zero-order valence-corrected chi connectivity index (χ0v) is 15.8. The van der Waals surface area contributed by atoms with E-state index in [0.717, 1.165) is 11.3 Å². The van der Waals surface area contributed by atoms with Crippen LogP contribution in [0.3, 0.4) is 0 Å². The number of hydrazone groups is 1. The summed E-state index contributed by atoms with van der Waals surface area (Å²) in [6, 6.07) is 13.4. The van der Waals surface area contributed by atoms with Gasteiger partial charge < -0.3 is 9.64 Å². The molecular weight excluding hydrogens is 360 g/mol. The highest BCUT2D eigenvalue weighted by Gasteiger charge is 2.32. The van der Waals surface area contributed by atoms with Crippen LogP contribution in [0, 0.1) is 10.1 Å². The lowest BCUT2D eigenvalue weighted by atomic mass is 10.1. The van der Waals surface area contributed by atoms with E-state index in [-0.39, 0.29) is 17.5 Å². The van der Waals surface area contributed by atoms with Gasteiger partial charge in [-0.2, -0.15) is 5.01 Å². The molecule has 0 saturated heterocycles. The molecule has 1 aliphatic rings. The second kappa shape index (κ2) is 7.91. The number of hydrogen-bond donors (Lipinski definition) is 0. The Morgan fingerprint density at radius 3 is 2.32 bits per heavy atom. The summed E-state index contributed by atoms with van der Waals surface area (Å²) in [5.41, 5.74) is 2.59. The van der Waals surface area contributed by atoms with Crippen LogP contribution in [0.1, 0.15) is 12.5 Å². The Hall–Kier alpha value is -3.68. The Labute approximate surface area is 162 Å². The van der Waals surface area contributed by atoms with Gasteiger partial charge in [0.15, 0.2) is 0 Å². The molecule has 0 spiro atoms. The molecule has 0 fully saturated rings. The Morgan fingerprint density at radius 2 is 1.79 bits per heavy atom. The van der Waals surface area contributed by atoms with Gasteiger partial charge in [0.2, 0.25) is 5.90 Å². The average molecular weight is 380 g/mol. The van der Waals surface area contributed by atoms with Crippen LogP contribution in [0.15, 0.2) is 59.2 Å². The smallest absolute Gasteiger partial charge is 0.284 e.